The van der Waals surface area contributed by atoms with E-state index in [-0.39, 0.29) is 12.5 Å². The molecule has 1 aromatic carbocycles. The Kier molecular flexibility index (Phi) is 4.97. The van der Waals surface area contributed by atoms with E-state index in [1.54, 1.807) is 0 Å². The second kappa shape index (κ2) is 6.25. The molecule has 1 rings (SSSR count). The van der Waals surface area contributed by atoms with Crippen molar-refractivity contribution in [1.29, 1.82) is 0 Å². The highest BCUT2D eigenvalue weighted by molar-refractivity contribution is 5.89. The highest BCUT2D eigenvalue weighted by Gasteiger charge is 2.10. The lowest BCUT2D eigenvalue weighted by Gasteiger charge is -2.28. The van der Waals surface area contributed by atoms with Crippen LogP contribution in [0.5, 0.6) is 0 Å². The molecule has 0 bridgehead atoms. The third kappa shape index (κ3) is 4.07. The van der Waals surface area contributed by atoms with Gasteiger partial charge in [-0.15, -0.1) is 0 Å². The zero-order valence-electron chi connectivity index (χ0n) is 10.6. The Labute approximate surface area is 102 Å². The number of nitrogens with one attached hydrogen (secondary N) is 1. The fourth-order valence-electron chi connectivity index (χ4n) is 1.76. The fraction of sp³-hybridized carbons (Fsp3) is 0.462. The van der Waals surface area contributed by atoms with Crippen LogP contribution in [0.15, 0.2) is 24.3 Å². The van der Waals surface area contributed by atoms with Crippen LogP contribution in [0.3, 0.4) is 0 Å². The summed E-state index contributed by atoms with van der Waals surface area (Å²) >= 11 is 0. The van der Waals surface area contributed by atoms with Crippen LogP contribution >= 0.6 is 0 Å². The number of rotatable bonds is 5. The van der Waals surface area contributed by atoms with Crippen LogP contribution in [0.25, 0.3) is 0 Å². The van der Waals surface area contributed by atoms with E-state index >= 15 is 0 Å². The number of carbonyl (C=O) groups excluding carboxylic acids is 1. The molecule has 0 atom stereocenters. The van der Waals surface area contributed by atoms with Gasteiger partial charge in [-0.25, -0.2) is 0 Å². The monoisotopic (exact) mass is 236 g/mol. The lowest BCUT2D eigenvalue weighted by atomic mass is 10.2. The van der Waals surface area contributed by atoms with Gasteiger partial charge in [0.15, 0.2) is 0 Å². The molecule has 0 unspecified atom stereocenters. The molecular formula is C13H20N2O2. The van der Waals surface area contributed by atoms with Gasteiger partial charge in [-0.1, -0.05) is 6.07 Å². The zero-order valence-corrected chi connectivity index (χ0v) is 10.6. The maximum atomic E-state index is 11.0. The average molecular weight is 236 g/mol. The molecule has 1 aromatic rings. The van der Waals surface area contributed by atoms with Crippen molar-refractivity contribution in [2.75, 3.05) is 23.4 Å². The van der Waals surface area contributed by atoms with Crippen LogP contribution in [0.1, 0.15) is 20.8 Å². The minimum Gasteiger partial charge on any atom is -0.395 e. The van der Waals surface area contributed by atoms with Crippen molar-refractivity contribution in [3.63, 3.8) is 0 Å². The van der Waals surface area contributed by atoms with Crippen LogP contribution in [0.2, 0.25) is 0 Å². The average Bonchev–Trinajstić information content (AvgIpc) is 2.24. The van der Waals surface area contributed by atoms with Crippen LogP contribution in [0, 0.1) is 0 Å². The molecule has 0 heterocycles. The van der Waals surface area contributed by atoms with E-state index in [9.17, 15) is 4.79 Å². The van der Waals surface area contributed by atoms with Crippen LogP contribution in [-0.2, 0) is 4.79 Å². The third-order valence-electron chi connectivity index (χ3n) is 2.46. The maximum absolute atomic E-state index is 11.0. The Hall–Kier alpha value is -1.55. The quantitative estimate of drug-likeness (QED) is 0.820. The van der Waals surface area contributed by atoms with E-state index in [4.69, 9.17) is 5.11 Å². The predicted molar refractivity (Wildman–Crippen MR) is 70.3 cm³/mol. The molecule has 0 fully saturated rings. The van der Waals surface area contributed by atoms with Gasteiger partial charge >= 0.3 is 0 Å². The summed E-state index contributed by atoms with van der Waals surface area (Å²) in [7, 11) is 0. The number of aliphatic hydroxyl groups excluding tert-OH is 1. The summed E-state index contributed by atoms with van der Waals surface area (Å²) in [5.41, 5.74) is 1.78. The van der Waals surface area contributed by atoms with Gasteiger partial charge < -0.3 is 15.3 Å². The van der Waals surface area contributed by atoms with Crippen molar-refractivity contribution < 1.29 is 9.90 Å². The number of benzene rings is 1. The molecule has 0 radical (unpaired) electrons. The summed E-state index contributed by atoms with van der Waals surface area (Å²) in [4.78, 5) is 13.1. The Morgan fingerprint density at radius 2 is 2.18 bits per heavy atom. The first-order valence-electron chi connectivity index (χ1n) is 5.79. The van der Waals surface area contributed by atoms with Gasteiger partial charge in [-0.05, 0) is 32.0 Å². The number of amides is 1. The highest BCUT2D eigenvalue weighted by Crippen LogP contribution is 2.21. The minimum absolute atomic E-state index is 0.0830. The molecular weight excluding hydrogens is 216 g/mol. The van der Waals surface area contributed by atoms with Gasteiger partial charge in [-0.3, -0.25) is 4.79 Å². The first-order valence-corrected chi connectivity index (χ1v) is 5.79. The standard InChI is InChI=1S/C13H20N2O2/c1-10(2)15(7-8-16)13-6-4-5-12(9-13)14-11(3)17/h4-6,9-10,16H,7-8H2,1-3H3,(H,14,17). The molecule has 0 aromatic heterocycles. The number of hydrogen-bond acceptors (Lipinski definition) is 3. The summed E-state index contributed by atoms with van der Waals surface area (Å²) < 4.78 is 0. The number of aliphatic hydroxyl groups is 1. The number of anilines is 2. The summed E-state index contributed by atoms with van der Waals surface area (Å²) in [5.74, 6) is -0.0830. The second-order valence-corrected chi connectivity index (χ2v) is 4.24. The minimum atomic E-state index is -0.0830. The zero-order chi connectivity index (χ0) is 12.8. The molecule has 4 nitrogen and oxygen atoms in total. The van der Waals surface area contributed by atoms with Gasteiger partial charge in [0.2, 0.25) is 5.91 Å². The molecule has 1 amide bonds. The van der Waals surface area contributed by atoms with Gasteiger partial charge in [0.25, 0.3) is 0 Å². The first-order chi connectivity index (χ1) is 8.04. The molecule has 0 aliphatic carbocycles. The van der Waals surface area contributed by atoms with E-state index in [2.05, 4.69) is 24.1 Å². The van der Waals surface area contributed by atoms with Crippen LogP contribution < -0.4 is 10.2 Å². The second-order valence-electron chi connectivity index (χ2n) is 4.24. The summed E-state index contributed by atoms with van der Waals surface area (Å²) in [6.45, 7) is 6.33. The van der Waals surface area contributed by atoms with E-state index in [0.29, 0.717) is 12.6 Å². The van der Waals surface area contributed by atoms with Crippen LogP contribution in [0.4, 0.5) is 11.4 Å². The van der Waals surface area contributed by atoms with E-state index < -0.39 is 0 Å². The normalized spacial score (nSPS) is 10.4. The molecule has 17 heavy (non-hydrogen) atoms. The van der Waals surface area contributed by atoms with Crippen molar-refractivity contribution in [2.24, 2.45) is 0 Å². The van der Waals surface area contributed by atoms with E-state index in [1.165, 1.54) is 6.92 Å². The Morgan fingerprint density at radius 3 is 2.71 bits per heavy atom. The van der Waals surface area contributed by atoms with E-state index in [0.717, 1.165) is 11.4 Å². The summed E-state index contributed by atoms with van der Waals surface area (Å²) in [5, 5.41) is 11.8. The first kappa shape index (κ1) is 13.5. The molecule has 94 valence electrons. The van der Waals surface area contributed by atoms with Crippen molar-refractivity contribution in [3.05, 3.63) is 24.3 Å². The van der Waals surface area contributed by atoms with Crippen molar-refractivity contribution in [3.8, 4) is 0 Å². The molecule has 0 aliphatic rings. The number of nitrogens with zero attached hydrogens (tertiary/aromatic N) is 1. The molecule has 0 saturated heterocycles. The van der Waals surface area contributed by atoms with Crippen molar-refractivity contribution in [1.82, 2.24) is 0 Å². The SMILES string of the molecule is CC(=O)Nc1cccc(N(CCO)C(C)C)c1. The Morgan fingerprint density at radius 1 is 1.47 bits per heavy atom. The maximum Gasteiger partial charge on any atom is 0.221 e. The summed E-state index contributed by atoms with van der Waals surface area (Å²) in [6, 6.07) is 7.93. The third-order valence-corrected chi connectivity index (χ3v) is 2.46. The van der Waals surface area contributed by atoms with Crippen molar-refractivity contribution in [2.45, 2.75) is 26.8 Å². The van der Waals surface area contributed by atoms with Gasteiger partial charge in [0, 0.05) is 30.9 Å². The fourth-order valence-corrected chi connectivity index (χ4v) is 1.76. The topological polar surface area (TPSA) is 52.6 Å². The lowest BCUT2D eigenvalue weighted by molar-refractivity contribution is -0.114. The van der Waals surface area contributed by atoms with Gasteiger partial charge in [0.05, 0.1) is 6.61 Å². The molecule has 0 aliphatic heterocycles. The highest BCUT2D eigenvalue weighted by atomic mass is 16.3. The molecule has 4 heteroatoms. The number of carbonyl (C=O) groups is 1. The Bertz CT molecular complexity index is 377. The molecule has 0 saturated carbocycles. The largest absolute Gasteiger partial charge is 0.395 e. The van der Waals surface area contributed by atoms with Crippen molar-refractivity contribution >= 4 is 17.3 Å². The molecule has 2 N–H and O–H groups in total. The molecule has 0 spiro atoms. The predicted octanol–water partition coefficient (Wildman–Crippen LogP) is 1.85. The van der Waals surface area contributed by atoms with Crippen LogP contribution in [-0.4, -0.2) is 30.2 Å². The van der Waals surface area contributed by atoms with Gasteiger partial charge in [-0.2, -0.15) is 0 Å². The Balaban J connectivity index is 2.91. The van der Waals surface area contributed by atoms with E-state index in [1.807, 2.05) is 24.3 Å². The number of hydrogen-bond donors (Lipinski definition) is 2. The summed E-state index contributed by atoms with van der Waals surface area (Å²) in [6.07, 6.45) is 0. The lowest BCUT2D eigenvalue weighted by Crippen LogP contribution is -2.33. The smallest absolute Gasteiger partial charge is 0.221 e. The van der Waals surface area contributed by atoms with Gasteiger partial charge in [0.1, 0.15) is 0 Å².